The van der Waals surface area contributed by atoms with Crippen LogP contribution in [-0.4, -0.2) is 69.3 Å². The lowest BCUT2D eigenvalue weighted by atomic mass is 9.48. The van der Waals surface area contributed by atoms with Gasteiger partial charge in [0, 0.05) is 30.6 Å². The van der Waals surface area contributed by atoms with E-state index in [1.54, 1.807) is 6.07 Å². The zero-order valence-electron chi connectivity index (χ0n) is 21.3. The van der Waals surface area contributed by atoms with Crippen molar-refractivity contribution in [3.8, 4) is 11.5 Å². The van der Waals surface area contributed by atoms with Crippen LogP contribution in [0.3, 0.4) is 0 Å². The van der Waals surface area contributed by atoms with Crippen LogP contribution in [0.15, 0.2) is 42.5 Å². The minimum atomic E-state index is -0.903. The molecule has 2 saturated carbocycles. The molecule has 8 rings (SSSR count). The fourth-order valence-corrected chi connectivity index (χ4v) is 8.95. The summed E-state index contributed by atoms with van der Waals surface area (Å²) in [5, 5.41) is 23.6. The van der Waals surface area contributed by atoms with Crippen LogP contribution in [0.5, 0.6) is 11.5 Å². The van der Waals surface area contributed by atoms with Gasteiger partial charge in [-0.2, -0.15) is 0 Å². The van der Waals surface area contributed by atoms with Gasteiger partial charge in [-0.25, -0.2) is 0 Å². The Balaban J connectivity index is 1.16. The Hall–Kier alpha value is -2.57. The Morgan fingerprint density at radius 3 is 2.65 bits per heavy atom. The zero-order valence-corrected chi connectivity index (χ0v) is 21.3. The molecule has 37 heavy (non-hydrogen) atoms. The molecule has 1 amide bonds. The van der Waals surface area contributed by atoms with Gasteiger partial charge in [0.25, 0.3) is 0 Å². The molecule has 2 N–H and O–H groups in total. The third kappa shape index (κ3) is 2.97. The summed E-state index contributed by atoms with van der Waals surface area (Å²) in [7, 11) is 0. The Labute approximate surface area is 218 Å². The van der Waals surface area contributed by atoms with E-state index in [0.29, 0.717) is 12.2 Å². The third-order valence-electron chi connectivity index (χ3n) is 10.8. The van der Waals surface area contributed by atoms with Gasteiger partial charge < -0.3 is 19.8 Å². The zero-order chi connectivity index (χ0) is 24.9. The Kier molecular flexibility index (Phi) is 4.68. The van der Waals surface area contributed by atoms with Crippen molar-refractivity contribution in [2.24, 2.45) is 11.8 Å². The van der Waals surface area contributed by atoms with E-state index in [4.69, 9.17) is 4.74 Å². The summed E-state index contributed by atoms with van der Waals surface area (Å²) in [6.07, 6.45) is 6.94. The lowest BCUT2D eigenvalue weighted by Gasteiger charge is -2.64. The lowest BCUT2D eigenvalue weighted by molar-refractivity contribution is -0.200. The standard InChI is InChI=1S/C31H36N2O4/c34-24-9-8-21-17-25-31(36)12-10-23(33-14-11-22(29(33)35)16-19-4-2-1-3-5-19)28-30(31,26(21)27(24)37-28)13-15-32(25)18-20-6-7-20/h1-5,8-9,20,22-23,25,28,34,36H,6-7,10-18H2/t22?,23-,25+,28+,30-,31+/m0/s1. The van der Waals surface area contributed by atoms with Crippen LogP contribution in [0.2, 0.25) is 0 Å². The second-order valence-electron chi connectivity index (χ2n) is 12.6. The van der Waals surface area contributed by atoms with Crippen molar-refractivity contribution in [3.63, 3.8) is 0 Å². The summed E-state index contributed by atoms with van der Waals surface area (Å²) in [5.41, 5.74) is 1.98. The van der Waals surface area contributed by atoms with E-state index in [9.17, 15) is 15.0 Å². The molecule has 2 bridgehead atoms. The van der Waals surface area contributed by atoms with Crippen LogP contribution >= 0.6 is 0 Å². The minimum Gasteiger partial charge on any atom is -0.504 e. The van der Waals surface area contributed by atoms with Gasteiger partial charge in [0.2, 0.25) is 5.91 Å². The lowest BCUT2D eigenvalue weighted by Crippen LogP contribution is -2.78. The summed E-state index contributed by atoms with van der Waals surface area (Å²) in [6.45, 7) is 2.75. The number of amides is 1. The molecule has 1 unspecified atom stereocenters. The summed E-state index contributed by atoms with van der Waals surface area (Å²) in [4.78, 5) is 18.4. The fraction of sp³-hybridized carbons (Fsp3) is 0.581. The van der Waals surface area contributed by atoms with Crippen molar-refractivity contribution >= 4 is 5.91 Å². The number of benzene rings is 2. The summed E-state index contributed by atoms with van der Waals surface area (Å²) >= 11 is 0. The number of carbonyl (C=O) groups is 1. The van der Waals surface area contributed by atoms with Gasteiger partial charge in [-0.15, -0.1) is 0 Å². The van der Waals surface area contributed by atoms with Crippen LogP contribution in [0.1, 0.15) is 55.2 Å². The average Bonchev–Trinajstić information content (AvgIpc) is 3.55. The van der Waals surface area contributed by atoms with E-state index >= 15 is 0 Å². The highest BCUT2D eigenvalue weighted by molar-refractivity contribution is 5.82. The molecule has 3 aliphatic carbocycles. The van der Waals surface area contributed by atoms with Gasteiger partial charge in [0.05, 0.1) is 17.1 Å². The number of ether oxygens (including phenoxy) is 1. The molecule has 194 valence electrons. The number of piperidine rings is 1. The number of phenols is 1. The van der Waals surface area contributed by atoms with E-state index in [1.807, 2.05) is 18.2 Å². The van der Waals surface area contributed by atoms with Crippen LogP contribution < -0.4 is 4.74 Å². The monoisotopic (exact) mass is 500 g/mol. The van der Waals surface area contributed by atoms with Crippen molar-refractivity contribution in [1.29, 1.82) is 0 Å². The number of carbonyl (C=O) groups excluding carboxylic acids is 1. The maximum atomic E-state index is 13.8. The van der Waals surface area contributed by atoms with E-state index in [-0.39, 0.29) is 35.8 Å². The third-order valence-corrected chi connectivity index (χ3v) is 10.8. The average molecular weight is 501 g/mol. The Morgan fingerprint density at radius 1 is 1.00 bits per heavy atom. The largest absolute Gasteiger partial charge is 0.504 e. The molecular weight excluding hydrogens is 464 g/mol. The molecule has 2 aromatic carbocycles. The number of hydrogen-bond acceptors (Lipinski definition) is 5. The molecule has 6 heteroatoms. The summed E-state index contributed by atoms with van der Waals surface area (Å²) in [6, 6.07) is 14.1. The highest BCUT2D eigenvalue weighted by atomic mass is 16.5. The fourth-order valence-electron chi connectivity index (χ4n) is 8.95. The Morgan fingerprint density at radius 2 is 1.84 bits per heavy atom. The second kappa shape index (κ2) is 7.73. The van der Waals surface area contributed by atoms with Crippen molar-refractivity contribution in [2.45, 2.75) is 80.6 Å². The molecule has 1 spiro atoms. The molecule has 0 radical (unpaired) electrons. The van der Waals surface area contributed by atoms with Gasteiger partial charge in [0.1, 0.15) is 6.10 Å². The number of aromatic hydroxyl groups is 1. The van der Waals surface area contributed by atoms with Gasteiger partial charge >= 0.3 is 0 Å². The number of hydrogen-bond donors (Lipinski definition) is 2. The van der Waals surface area contributed by atoms with Crippen molar-refractivity contribution in [3.05, 3.63) is 59.2 Å². The van der Waals surface area contributed by atoms with Crippen LogP contribution in [0.25, 0.3) is 0 Å². The van der Waals surface area contributed by atoms with Crippen LogP contribution in [-0.2, 0) is 23.1 Å². The van der Waals surface area contributed by atoms with Crippen LogP contribution in [0.4, 0.5) is 0 Å². The molecule has 6 nitrogen and oxygen atoms in total. The topological polar surface area (TPSA) is 73.2 Å². The smallest absolute Gasteiger partial charge is 0.226 e. The molecule has 6 atom stereocenters. The predicted molar refractivity (Wildman–Crippen MR) is 139 cm³/mol. The van der Waals surface area contributed by atoms with Crippen molar-refractivity contribution in [2.75, 3.05) is 19.6 Å². The first-order valence-corrected chi connectivity index (χ1v) is 14.3. The molecule has 2 aromatic rings. The molecule has 2 saturated heterocycles. The number of likely N-dealkylation sites (tertiary alicyclic amines) is 2. The molecule has 3 heterocycles. The minimum absolute atomic E-state index is 0.00653. The summed E-state index contributed by atoms with van der Waals surface area (Å²) < 4.78 is 6.71. The quantitative estimate of drug-likeness (QED) is 0.658. The van der Waals surface area contributed by atoms with Crippen molar-refractivity contribution < 1.29 is 19.7 Å². The number of nitrogens with zero attached hydrogens (tertiary/aromatic N) is 2. The maximum absolute atomic E-state index is 13.8. The van der Waals surface area contributed by atoms with E-state index < -0.39 is 11.0 Å². The maximum Gasteiger partial charge on any atom is 0.226 e. The highest BCUT2D eigenvalue weighted by Gasteiger charge is 2.73. The number of rotatable bonds is 5. The first-order chi connectivity index (χ1) is 18.0. The van der Waals surface area contributed by atoms with Crippen LogP contribution in [0, 0.1) is 11.8 Å². The number of phenolic OH excluding ortho intramolecular Hbond substituents is 1. The van der Waals surface area contributed by atoms with E-state index in [2.05, 4.69) is 28.0 Å². The molecule has 0 aromatic heterocycles. The predicted octanol–water partition coefficient (Wildman–Crippen LogP) is 3.42. The van der Waals surface area contributed by atoms with E-state index in [0.717, 1.165) is 63.2 Å². The van der Waals surface area contributed by atoms with Gasteiger partial charge in [-0.3, -0.25) is 9.69 Å². The second-order valence-corrected chi connectivity index (χ2v) is 12.6. The molecule has 3 aliphatic heterocycles. The van der Waals surface area contributed by atoms with Crippen molar-refractivity contribution in [1.82, 2.24) is 9.80 Å². The van der Waals surface area contributed by atoms with E-state index in [1.165, 1.54) is 24.0 Å². The van der Waals surface area contributed by atoms with Gasteiger partial charge in [-0.1, -0.05) is 36.4 Å². The normalized spacial score (nSPS) is 38.0. The van der Waals surface area contributed by atoms with Gasteiger partial charge in [-0.05, 0) is 81.0 Å². The first kappa shape index (κ1) is 22.4. The molecule has 4 fully saturated rings. The SMILES string of the molecule is O=C1C(Cc2ccccc2)CCN1[C@H]1CC[C@@]2(O)[C@H]3Cc4ccc(O)c5c4[C@@]2(CCN3CC2CC2)[C@@H]1O5. The summed E-state index contributed by atoms with van der Waals surface area (Å²) in [5.74, 6) is 1.71. The van der Waals surface area contributed by atoms with Gasteiger partial charge in [0.15, 0.2) is 11.5 Å². The molecular formula is C31H36N2O4. The first-order valence-electron chi connectivity index (χ1n) is 14.3. The number of aliphatic hydroxyl groups is 1. The highest BCUT2D eigenvalue weighted by Crippen LogP contribution is 2.66. The molecule has 6 aliphatic rings. The Bertz CT molecular complexity index is 1260.